The number of unbranched alkanes of at least 4 members (excludes halogenated alkanes) is 4. The maximum atomic E-state index is 13.4. The molecule has 0 radical (unpaired) electrons. The third-order valence-electron chi connectivity index (χ3n) is 9.52. The Labute approximate surface area is 309 Å². The van der Waals surface area contributed by atoms with Crippen LogP contribution in [0.1, 0.15) is 90.2 Å². The molecule has 10 heteroatoms. The molecule has 3 rings (SSSR count). The van der Waals surface area contributed by atoms with Gasteiger partial charge in [0, 0.05) is 31.4 Å². The molecular weight excluding hydrogens is 664 g/mol. The van der Waals surface area contributed by atoms with Gasteiger partial charge < -0.3 is 33.2 Å². The SMILES string of the molecule is CCCCCCCC(=O)O[C@H]1C(=CC(=O)OC)C[C@@H](CC(OCc2ccc(OC)cc2)[C@@H](C)OCc2ccccc2)O[C@@]1(OC)C(C)(C)C=CC=O. The molecule has 1 heterocycles. The molecule has 1 unspecified atom stereocenters. The zero-order valence-corrected chi connectivity index (χ0v) is 32.0. The van der Waals surface area contributed by atoms with Gasteiger partial charge in [0.05, 0.1) is 45.7 Å². The van der Waals surface area contributed by atoms with Crippen molar-refractivity contribution >= 4 is 18.2 Å². The predicted octanol–water partition coefficient (Wildman–Crippen LogP) is 7.86. The van der Waals surface area contributed by atoms with E-state index in [-0.39, 0.29) is 18.9 Å². The molecule has 1 saturated heterocycles. The van der Waals surface area contributed by atoms with Gasteiger partial charge in [0.25, 0.3) is 0 Å². The number of allylic oxidation sites excluding steroid dienone is 1. The number of carbonyl (C=O) groups excluding carboxylic acids is 3. The summed E-state index contributed by atoms with van der Waals surface area (Å²) in [6.07, 6.45) is 8.06. The fourth-order valence-electron chi connectivity index (χ4n) is 6.45. The van der Waals surface area contributed by atoms with E-state index in [1.165, 1.54) is 26.4 Å². The Morgan fingerprint density at radius 1 is 0.942 bits per heavy atom. The van der Waals surface area contributed by atoms with Crippen molar-refractivity contribution in [3.05, 3.63) is 89.5 Å². The fourth-order valence-corrected chi connectivity index (χ4v) is 6.45. The second kappa shape index (κ2) is 21.6. The number of hydrogen-bond donors (Lipinski definition) is 0. The summed E-state index contributed by atoms with van der Waals surface area (Å²) < 4.78 is 42.6. The summed E-state index contributed by atoms with van der Waals surface area (Å²) >= 11 is 0. The van der Waals surface area contributed by atoms with E-state index < -0.39 is 41.5 Å². The first-order valence-electron chi connectivity index (χ1n) is 18.3. The lowest BCUT2D eigenvalue weighted by Gasteiger charge is -2.53. The Morgan fingerprint density at radius 2 is 1.62 bits per heavy atom. The Hall–Kier alpha value is -3.83. The van der Waals surface area contributed by atoms with Crippen LogP contribution in [0, 0.1) is 5.41 Å². The average molecular weight is 723 g/mol. The van der Waals surface area contributed by atoms with Crippen LogP contribution in [-0.2, 0) is 56.0 Å². The van der Waals surface area contributed by atoms with Crippen LogP contribution in [0.25, 0.3) is 0 Å². The second-order valence-corrected chi connectivity index (χ2v) is 13.7. The minimum absolute atomic E-state index is 0.205. The summed E-state index contributed by atoms with van der Waals surface area (Å²) in [5.74, 6) is -1.93. The fraction of sp³-hybridized carbons (Fsp3) is 0.548. The van der Waals surface area contributed by atoms with Crippen molar-refractivity contribution in [2.45, 2.75) is 122 Å². The van der Waals surface area contributed by atoms with Crippen molar-refractivity contribution in [2.75, 3.05) is 21.3 Å². The minimum Gasteiger partial charge on any atom is -0.497 e. The van der Waals surface area contributed by atoms with Crippen molar-refractivity contribution in [1.82, 2.24) is 0 Å². The second-order valence-electron chi connectivity index (χ2n) is 13.7. The highest BCUT2D eigenvalue weighted by Gasteiger charge is 2.59. The first-order chi connectivity index (χ1) is 25.0. The average Bonchev–Trinajstić information content (AvgIpc) is 3.15. The van der Waals surface area contributed by atoms with E-state index in [1.807, 2.05) is 75.4 Å². The molecule has 1 fully saturated rings. The van der Waals surface area contributed by atoms with Gasteiger partial charge in [0.15, 0.2) is 6.10 Å². The van der Waals surface area contributed by atoms with Gasteiger partial charge in [-0.2, -0.15) is 0 Å². The van der Waals surface area contributed by atoms with E-state index >= 15 is 0 Å². The lowest BCUT2D eigenvalue weighted by molar-refractivity contribution is -0.339. The van der Waals surface area contributed by atoms with E-state index in [2.05, 4.69) is 6.92 Å². The van der Waals surface area contributed by atoms with Gasteiger partial charge in [0.2, 0.25) is 5.79 Å². The van der Waals surface area contributed by atoms with Crippen LogP contribution < -0.4 is 4.74 Å². The Balaban J connectivity index is 1.99. The molecule has 286 valence electrons. The van der Waals surface area contributed by atoms with Gasteiger partial charge >= 0.3 is 11.9 Å². The van der Waals surface area contributed by atoms with E-state index in [0.717, 1.165) is 42.6 Å². The maximum absolute atomic E-state index is 13.4. The minimum atomic E-state index is -1.64. The summed E-state index contributed by atoms with van der Waals surface area (Å²) in [7, 11) is 4.39. The first kappa shape index (κ1) is 42.6. The van der Waals surface area contributed by atoms with Gasteiger partial charge in [-0.1, -0.05) is 95.0 Å². The third kappa shape index (κ3) is 12.4. The van der Waals surface area contributed by atoms with Gasteiger partial charge in [-0.3, -0.25) is 9.59 Å². The maximum Gasteiger partial charge on any atom is 0.330 e. The topological polar surface area (TPSA) is 116 Å². The molecule has 0 aromatic heterocycles. The van der Waals surface area contributed by atoms with Crippen molar-refractivity contribution in [2.24, 2.45) is 5.41 Å². The zero-order chi connectivity index (χ0) is 38.0. The van der Waals surface area contributed by atoms with Crippen molar-refractivity contribution in [1.29, 1.82) is 0 Å². The number of rotatable bonds is 22. The number of benzene rings is 2. The highest BCUT2D eigenvalue weighted by Crippen LogP contribution is 2.49. The van der Waals surface area contributed by atoms with Crippen molar-refractivity contribution < 1.29 is 47.5 Å². The van der Waals surface area contributed by atoms with Crippen LogP contribution in [0.2, 0.25) is 0 Å². The summed E-state index contributed by atoms with van der Waals surface area (Å²) in [5.41, 5.74) is 1.42. The van der Waals surface area contributed by atoms with Crippen LogP contribution in [0.15, 0.2) is 78.4 Å². The number of methoxy groups -OCH3 is 3. The number of esters is 2. The van der Waals surface area contributed by atoms with Crippen molar-refractivity contribution in [3.63, 3.8) is 0 Å². The quantitative estimate of drug-likeness (QED) is 0.0515. The molecule has 10 nitrogen and oxygen atoms in total. The van der Waals surface area contributed by atoms with Crippen LogP contribution in [0.4, 0.5) is 0 Å². The molecule has 2 aromatic rings. The van der Waals surface area contributed by atoms with Gasteiger partial charge in [-0.25, -0.2) is 4.79 Å². The van der Waals surface area contributed by atoms with Crippen LogP contribution in [0.3, 0.4) is 0 Å². The highest BCUT2D eigenvalue weighted by atomic mass is 16.7. The van der Waals surface area contributed by atoms with Gasteiger partial charge in [-0.05, 0) is 54.7 Å². The van der Waals surface area contributed by atoms with E-state index in [9.17, 15) is 14.4 Å². The van der Waals surface area contributed by atoms with Gasteiger partial charge in [0.1, 0.15) is 12.0 Å². The third-order valence-corrected chi connectivity index (χ3v) is 9.52. The van der Waals surface area contributed by atoms with E-state index in [1.54, 1.807) is 13.2 Å². The van der Waals surface area contributed by atoms with Crippen LogP contribution in [0.5, 0.6) is 5.75 Å². The smallest absolute Gasteiger partial charge is 0.330 e. The van der Waals surface area contributed by atoms with Crippen LogP contribution >= 0.6 is 0 Å². The normalized spacial score (nSPS) is 21.1. The Bertz CT molecular complexity index is 1430. The predicted molar refractivity (Wildman–Crippen MR) is 198 cm³/mol. The van der Waals surface area contributed by atoms with E-state index in [0.29, 0.717) is 37.9 Å². The lowest BCUT2D eigenvalue weighted by atomic mass is 9.74. The molecule has 2 aromatic carbocycles. The number of ether oxygens (including phenoxy) is 7. The number of hydrogen-bond acceptors (Lipinski definition) is 10. The number of aldehydes is 1. The summed E-state index contributed by atoms with van der Waals surface area (Å²) in [5, 5.41) is 0. The monoisotopic (exact) mass is 722 g/mol. The molecule has 5 atom stereocenters. The van der Waals surface area contributed by atoms with Crippen molar-refractivity contribution in [3.8, 4) is 5.75 Å². The largest absolute Gasteiger partial charge is 0.497 e. The standard InChI is InChI=1S/C42H58O10/c1-8-9-10-11-15-19-38(44)51-40-34(27-39(45)47-6)26-36(52-42(40,48-7)41(3,4)24-16-25-43)28-37(31(2)49-29-32-17-13-12-14-18-32)50-30-33-20-22-35(46-5)23-21-33/h12-14,16-18,20-25,27,31,36-37,40H,8-11,15,19,26,28-30H2,1-7H3/t31-,36+,37?,40+,42-/m1/s1. The molecular formula is C42H58O10. The summed E-state index contributed by atoms with van der Waals surface area (Å²) in [6.45, 7) is 8.45. The van der Waals surface area contributed by atoms with Gasteiger partial charge in [-0.15, -0.1) is 0 Å². The Kier molecular flexibility index (Phi) is 17.7. The summed E-state index contributed by atoms with van der Waals surface area (Å²) in [4.78, 5) is 37.8. The molecule has 1 aliphatic heterocycles. The zero-order valence-electron chi connectivity index (χ0n) is 32.0. The van der Waals surface area contributed by atoms with Crippen LogP contribution in [-0.4, -0.2) is 69.8 Å². The summed E-state index contributed by atoms with van der Waals surface area (Å²) in [6, 6.07) is 17.5. The Morgan fingerprint density at radius 3 is 2.25 bits per heavy atom. The van der Waals surface area contributed by atoms with E-state index in [4.69, 9.17) is 33.2 Å². The highest BCUT2D eigenvalue weighted by molar-refractivity contribution is 5.83. The lowest BCUT2D eigenvalue weighted by Crippen LogP contribution is -2.63. The molecule has 0 amide bonds. The first-order valence-corrected chi connectivity index (χ1v) is 18.3. The molecule has 52 heavy (non-hydrogen) atoms. The molecule has 0 N–H and O–H groups in total. The molecule has 0 bridgehead atoms. The molecule has 1 aliphatic rings. The molecule has 0 aliphatic carbocycles. The molecule has 0 saturated carbocycles. The molecule has 0 spiro atoms. The number of carbonyl (C=O) groups is 3.